The van der Waals surface area contributed by atoms with E-state index in [1.165, 1.54) is 17.2 Å². The van der Waals surface area contributed by atoms with Gasteiger partial charge in [-0.1, -0.05) is 24.3 Å². The molecule has 7 heteroatoms. The van der Waals surface area contributed by atoms with E-state index in [0.717, 1.165) is 54.8 Å². The highest BCUT2D eigenvalue weighted by Gasteiger charge is 2.46. The number of nitrogens with zero attached hydrogens (tertiary/aromatic N) is 4. The standard InChI is InChI=1S/C27H25FN6/c28-20-12-21-16(5-8-30-21)11-19(20)24-25-22(14-31-24)33-23(15-32-25)34-9-6-27(7-10-34)13-17-3-1-2-4-18(17)26(27)29/h1-5,8,11-12,15,26,30H,6-7,9-10,13-14,29H2/t26-/m0/s1. The van der Waals surface area contributed by atoms with Gasteiger partial charge in [0, 0.05) is 41.8 Å². The zero-order chi connectivity index (χ0) is 22.9. The van der Waals surface area contributed by atoms with Gasteiger partial charge in [0.15, 0.2) is 0 Å². The van der Waals surface area contributed by atoms with Crippen molar-refractivity contribution in [2.75, 3.05) is 18.0 Å². The van der Waals surface area contributed by atoms with Gasteiger partial charge in [-0.15, -0.1) is 0 Å². The molecule has 1 saturated heterocycles. The van der Waals surface area contributed by atoms with Crippen molar-refractivity contribution < 1.29 is 4.39 Å². The van der Waals surface area contributed by atoms with Gasteiger partial charge in [-0.3, -0.25) is 4.99 Å². The van der Waals surface area contributed by atoms with Gasteiger partial charge in [0.05, 0.1) is 24.1 Å². The molecule has 170 valence electrons. The molecule has 2 aromatic carbocycles. The maximum atomic E-state index is 14.8. The zero-order valence-electron chi connectivity index (χ0n) is 18.8. The molecule has 4 heterocycles. The van der Waals surface area contributed by atoms with Crippen LogP contribution in [-0.2, 0) is 13.0 Å². The summed E-state index contributed by atoms with van der Waals surface area (Å²) in [6.45, 7) is 2.23. The molecule has 0 amide bonds. The third-order valence-corrected chi connectivity index (χ3v) is 8.01. The predicted octanol–water partition coefficient (Wildman–Crippen LogP) is 4.29. The van der Waals surface area contributed by atoms with Crippen molar-refractivity contribution in [3.63, 3.8) is 0 Å². The number of H-pyrrole nitrogens is 1. The SMILES string of the molecule is N[C@H]1c2ccccc2CC12CCN(c1cnc3c(n1)CN=C3c1cc3cc[nH]c3cc1F)CC2. The van der Waals surface area contributed by atoms with Crippen LogP contribution in [0, 0.1) is 11.2 Å². The largest absolute Gasteiger partial charge is 0.361 e. The predicted molar refractivity (Wildman–Crippen MR) is 131 cm³/mol. The number of piperidine rings is 1. The summed E-state index contributed by atoms with van der Waals surface area (Å²) in [5.74, 6) is 0.568. The smallest absolute Gasteiger partial charge is 0.147 e. The van der Waals surface area contributed by atoms with Gasteiger partial charge in [0.1, 0.15) is 17.3 Å². The molecule has 1 atom stereocenters. The summed E-state index contributed by atoms with van der Waals surface area (Å²) in [4.78, 5) is 19.6. The van der Waals surface area contributed by atoms with Crippen LogP contribution >= 0.6 is 0 Å². The zero-order valence-corrected chi connectivity index (χ0v) is 18.8. The van der Waals surface area contributed by atoms with E-state index in [-0.39, 0.29) is 17.3 Å². The fraction of sp³-hybridized carbons (Fsp3) is 0.296. The molecule has 6 nitrogen and oxygen atoms in total. The summed E-state index contributed by atoms with van der Waals surface area (Å²) in [5.41, 5.74) is 12.9. The molecule has 4 aromatic rings. The van der Waals surface area contributed by atoms with Crippen molar-refractivity contribution in [3.8, 4) is 0 Å². The Balaban J connectivity index is 1.12. The summed E-state index contributed by atoms with van der Waals surface area (Å²) in [7, 11) is 0. The molecule has 0 radical (unpaired) electrons. The number of aromatic nitrogens is 3. The lowest BCUT2D eigenvalue weighted by Crippen LogP contribution is -2.44. The Kier molecular flexibility index (Phi) is 4.21. The first kappa shape index (κ1) is 19.9. The van der Waals surface area contributed by atoms with Gasteiger partial charge >= 0.3 is 0 Å². The minimum Gasteiger partial charge on any atom is -0.361 e. The van der Waals surface area contributed by atoms with Crippen molar-refractivity contribution in [1.82, 2.24) is 15.0 Å². The van der Waals surface area contributed by atoms with E-state index in [0.29, 0.717) is 23.5 Å². The number of fused-ring (bicyclic) bond motifs is 3. The van der Waals surface area contributed by atoms with E-state index in [4.69, 9.17) is 15.7 Å². The fourth-order valence-corrected chi connectivity index (χ4v) is 6.06. The lowest BCUT2D eigenvalue weighted by Gasteiger charge is -2.42. The lowest BCUT2D eigenvalue weighted by molar-refractivity contribution is 0.187. The maximum Gasteiger partial charge on any atom is 0.147 e. The van der Waals surface area contributed by atoms with Crippen LogP contribution in [0.1, 0.15) is 47.0 Å². The van der Waals surface area contributed by atoms with Crippen LogP contribution in [-0.4, -0.2) is 33.8 Å². The molecule has 34 heavy (non-hydrogen) atoms. The average Bonchev–Trinajstić information content (AvgIpc) is 3.55. The molecule has 3 N–H and O–H groups in total. The summed E-state index contributed by atoms with van der Waals surface area (Å²) in [5, 5.41) is 0.951. The summed E-state index contributed by atoms with van der Waals surface area (Å²) < 4.78 is 14.8. The molecule has 1 spiro atoms. The summed E-state index contributed by atoms with van der Waals surface area (Å²) in [6, 6.07) is 14.0. The number of hydrogen-bond donors (Lipinski definition) is 2. The summed E-state index contributed by atoms with van der Waals surface area (Å²) in [6.07, 6.45) is 6.75. The molecule has 0 saturated carbocycles. The van der Waals surface area contributed by atoms with Gasteiger partial charge < -0.3 is 15.6 Å². The minimum absolute atomic E-state index is 0.0974. The first-order chi connectivity index (χ1) is 16.6. The van der Waals surface area contributed by atoms with E-state index >= 15 is 0 Å². The van der Waals surface area contributed by atoms with E-state index < -0.39 is 0 Å². The van der Waals surface area contributed by atoms with Crippen molar-refractivity contribution in [2.45, 2.75) is 31.8 Å². The topological polar surface area (TPSA) is 83.2 Å². The number of aliphatic imine (C=N–C) groups is 1. The summed E-state index contributed by atoms with van der Waals surface area (Å²) >= 11 is 0. The van der Waals surface area contributed by atoms with Crippen molar-refractivity contribution in [3.05, 3.63) is 88.8 Å². The Bertz CT molecular complexity index is 1460. The molecule has 1 aliphatic carbocycles. The van der Waals surface area contributed by atoms with E-state index in [2.05, 4.69) is 39.1 Å². The second-order valence-electron chi connectivity index (χ2n) is 9.79. The number of halogens is 1. The second-order valence-corrected chi connectivity index (χ2v) is 9.79. The monoisotopic (exact) mass is 452 g/mol. The van der Waals surface area contributed by atoms with Gasteiger partial charge in [-0.25, -0.2) is 14.4 Å². The van der Waals surface area contributed by atoms with Crippen molar-refractivity contribution in [1.29, 1.82) is 0 Å². The Morgan fingerprint density at radius 2 is 1.97 bits per heavy atom. The first-order valence-corrected chi connectivity index (χ1v) is 11.9. The van der Waals surface area contributed by atoms with Crippen LogP contribution in [0.5, 0.6) is 0 Å². The average molecular weight is 453 g/mol. The highest BCUT2D eigenvalue weighted by atomic mass is 19.1. The van der Waals surface area contributed by atoms with E-state index in [1.54, 1.807) is 0 Å². The van der Waals surface area contributed by atoms with Gasteiger partial charge in [-0.2, -0.15) is 0 Å². The highest BCUT2D eigenvalue weighted by Crippen LogP contribution is 2.50. The number of hydrogen-bond acceptors (Lipinski definition) is 5. The van der Waals surface area contributed by atoms with Crippen LogP contribution in [0.25, 0.3) is 10.9 Å². The number of nitrogens with two attached hydrogens (primary N) is 1. The normalized spacial score (nSPS) is 20.6. The Morgan fingerprint density at radius 3 is 2.82 bits per heavy atom. The molecule has 2 aliphatic heterocycles. The molecule has 0 bridgehead atoms. The number of aromatic amines is 1. The number of benzene rings is 2. The third kappa shape index (κ3) is 2.86. The highest BCUT2D eigenvalue weighted by molar-refractivity contribution is 6.15. The minimum atomic E-state index is -0.303. The van der Waals surface area contributed by atoms with Gasteiger partial charge in [0.25, 0.3) is 0 Å². The van der Waals surface area contributed by atoms with Gasteiger partial charge in [0.2, 0.25) is 0 Å². The third-order valence-electron chi connectivity index (χ3n) is 8.01. The molecule has 3 aliphatic rings. The van der Waals surface area contributed by atoms with Crippen LogP contribution in [0.15, 0.2) is 59.9 Å². The molecular formula is C27H25FN6. The quantitative estimate of drug-likeness (QED) is 0.475. The van der Waals surface area contributed by atoms with E-state index in [1.807, 2.05) is 24.5 Å². The van der Waals surface area contributed by atoms with E-state index in [9.17, 15) is 4.39 Å². The van der Waals surface area contributed by atoms with Crippen LogP contribution in [0.2, 0.25) is 0 Å². The number of nitrogens with one attached hydrogen (secondary N) is 1. The second kappa shape index (κ2) is 7.21. The first-order valence-electron chi connectivity index (χ1n) is 11.9. The molecule has 0 unspecified atom stereocenters. The fourth-order valence-electron chi connectivity index (χ4n) is 6.06. The molecule has 7 rings (SSSR count). The molecule has 2 aromatic heterocycles. The van der Waals surface area contributed by atoms with Crippen molar-refractivity contribution >= 4 is 22.4 Å². The van der Waals surface area contributed by atoms with Crippen LogP contribution in [0.3, 0.4) is 0 Å². The number of rotatable bonds is 2. The Hall–Kier alpha value is -3.58. The Labute approximate surface area is 196 Å². The van der Waals surface area contributed by atoms with Crippen molar-refractivity contribution in [2.24, 2.45) is 16.1 Å². The lowest BCUT2D eigenvalue weighted by atomic mass is 9.73. The molecular weight excluding hydrogens is 427 g/mol. The maximum absolute atomic E-state index is 14.8. The Morgan fingerprint density at radius 1 is 1.12 bits per heavy atom. The molecule has 1 fully saturated rings. The number of anilines is 1. The van der Waals surface area contributed by atoms with Crippen LogP contribution in [0.4, 0.5) is 10.2 Å². The van der Waals surface area contributed by atoms with Gasteiger partial charge in [-0.05, 0) is 54.0 Å². The van der Waals surface area contributed by atoms with Crippen LogP contribution < -0.4 is 10.6 Å².